The molecule has 3 nitrogen and oxygen atoms in total. The van der Waals surface area contributed by atoms with Crippen LogP contribution in [0.2, 0.25) is 0 Å². The molecule has 0 aromatic carbocycles. The van der Waals surface area contributed by atoms with Gasteiger partial charge in [-0.15, -0.1) is 11.3 Å². The molecule has 15 heavy (non-hydrogen) atoms. The summed E-state index contributed by atoms with van der Waals surface area (Å²) in [5.74, 6) is 0.774. The lowest BCUT2D eigenvalue weighted by Crippen LogP contribution is -2.15. The molecule has 0 amide bonds. The Bertz CT molecular complexity index is 281. The normalized spacial score (nSPS) is 11.0. The van der Waals surface area contributed by atoms with Crippen molar-refractivity contribution in [2.45, 2.75) is 26.8 Å². The molecule has 4 heteroatoms. The molecule has 0 radical (unpaired) electrons. The molecule has 1 rings (SSSR count). The van der Waals surface area contributed by atoms with Crippen molar-refractivity contribution in [2.75, 3.05) is 25.5 Å². The zero-order valence-corrected chi connectivity index (χ0v) is 10.9. The van der Waals surface area contributed by atoms with E-state index in [1.165, 1.54) is 11.3 Å². The maximum atomic E-state index is 4.33. The van der Waals surface area contributed by atoms with E-state index in [0.717, 1.165) is 24.1 Å². The van der Waals surface area contributed by atoms with E-state index in [2.05, 4.69) is 24.1 Å². The first kappa shape index (κ1) is 12.5. The van der Waals surface area contributed by atoms with Gasteiger partial charge in [-0.3, -0.25) is 0 Å². The van der Waals surface area contributed by atoms with Crippen LogP contribution in [0.5, 0.6) is 0 Å². The molecular weight excluding hydrogens is 206 g/mol. The molecule has 0 spiro atoms. The van der Waals surface area contributed by atoms with Gasteiger partial charge in [0.15, 0.2) is 5.13 Å². The van der Waals surface area contributed by atoms with E-state index >= 15 is 0 Å². The van der Waals surface area contributed by atoms with Crippen molar-refractivity contribution in [1.29, 1.82) is 0 Å². The zero-order valence-electron chi connectivity index (χ0n) is 10.1. The van der Waals surface area contributed by atoms with Gasteiger partial charge < -0.3 is 10.2 Å². The van der Waals surface area contributed by atoms with Gasteiger partial charge in [-0.1, -0.05) is 13.8 Å². The van der Waals surface area contributed by atoms with Crippen molar-refractivity contribution >= 4 is 16.5 Å². The van der Waals surface area contributed by atoms with Crippen LogP contribution in [-0.4, -0.2) is 25.6 Å². The van der Waals surface area contributed by atoms with Crippen LogP contribution >= 0.6 is 11.3 Å². The van der Waals surface area contributed by atoms with E-state index in [1.54, 1.807) is 11.3 Å². The summed E-state index contributed by atoms with van der Waals surface area (Å²) in [6.45, 7) is 6.53. The number of nitrogens with zero attached hydrogens (tertiary/aromatic N) is 2. The van der Waals surface area contributed by atoms with E-state index in [-0.39, 0.29) is 0 Å². The third-order valence-corrected chi connectivity index (χ3v) is 3.29. The molecule has 1 aromatic rings. The second kappa shape index (κ2) is 6.08. The van der Waals surface area contributed by atoms with Gasteiger partial charge in [0.1, 0.15) is 0 Å². The molecule has 0 unspecified atom stereocenters. The number of nitrogens with one attached hydrogen (secondary N) is 1. The Labute approximate surface area is 96.5 Å². The predicted octanol–water partition coefficient (Wildman–Crippen LogP) is 2.34. The molecule has 0 bridgehead atoms. The highest BCUT2D eigenvalue weighted by atomic mass is 32.1. The van der Waals surface area contributed by atoms with Crippen molar-refractivity contribution in [1.82, 2.24) is 10.3 Å². The molecule has 0 saturated heterocycles. The Hall–Kier alpha value is -0.610. The smallest absolute Gasteiger partial charge is 0.185 e. The van der Waals surface area contributed by atoms with Crippen LogP contribution in [0.1, 0.15) is 25.1 Å². The minimum absolute atomic E-state index is 0.774. The van der Waals surface area contributed by atoms with Gasteiger partial charge in [0.25, 0.3) is 0 Å². The first-order chi connectivity index (χ1) is 7.09. The molecule has 0 atom stereocenters. The maximum Gasteiger partial charge on any atom is 0.185 e. The van der Waals surface area contributed by atoms with E-state index in [4.69, 9.17) is 0 Å². The number of rotatable bonds is 6. The third-order valence-electron chi connectivity index (χ3n) is 2.12. The van der Waals surface area contributed by atoms with Crippen LogP contribution in [-0.2, 0) is 6.54 Å². The van der Waals surface area contributed by atoms with Gasteiger partial charge in [0, 0.05) is 31.7 Å². The van der Waals surface area contributed by atoms with E-state index in [1.807, 2.05) is 25.2 Å². The predicted molar refractivity (Wildman–Crippen MR) is 67.6 cm³/mol. The summed E-state index contributed by atoms with van der Waals surface area (Å²) >= 11 is 1.75. The van der Waals surface area contributed by atoms with Gasteiger partial charge in [-0.05, 0) is 18.9 Å². The Balaban J connectivity index is 2.26. The SMILES string of the molecule is CC(C)CCNCc1cnc(N(C)C)s1. The summed E-state index contributed by atoms with van der Waals surface area (Å²) < 4.78 is 0. The number of aromatic nitrogens is 1. The number of anilines is 1. The molecule has 1 aromatic heterocycles. The summed E-state index contributed by atoms with van der Waals surface area (Å²) in [4.78, 5) is 7.69. The van der Waals surface area contributed by atoms with Crippen LogP contribution in [0.25, 0.3) is 0 Å². The Morgan fingerprint density at radius 3 is 2.73 bits per heavy atom. The van der Waals surface area contributed by atoms with Crippen molar-refractivity contribution in [3.05, 3.63) is 11.1 Å². The van der Waals surface area contributed by atoms with Gasteiger partial charge in [0.2, 0.25) is 0 Å². The van der Waals surface area contributed by atoms with Crippen LogP contribution in [0.4, 0.5) is 5.13 Å². The quantitative estimate of drug-likeness (QED) is 0.756. The lowest BCUT2D eigenvalue weighted by molar-refractivity contribution is 0.539. The fourth-order valence-electron chi connectivity index (χ4n) is 1.19. The lowest BCUT2D eigenvalue weighted by atomic mass is 10.1. The Kier molecular flexibility index (Phi) is 5.05. The van der Waals surface area contributed by atoms with E-state index in [9.17, 15) is 0 Å². The fourth-order valence-corrected chi connectivity index (χ4v) is 1.99. The first-order valence-corrected chi connectivity index (χ1v) is 6.24. The third kappa shape index (κ3) is 4.62. The minimum atomic E-state index is 0.774. The average Bonchev–Trinajstić information content (AvgIpc) is 2.60. The van der Waals surface area contributed by atoms with Crippen LogP contribution < -0.4 is 10.2 Å². The molecule has 0 aliphatic rings. The van der Waals surface area contributed by atoms with E-state index in [0.29, 0.717) is 0 Å². The summed E-state index contributed by atoms with van der Waals surface area (Å²) in [7, 11) is 4.05. The van der Waals surface area contributed by atoms with Crippen molar-refractivity contribution in [2.24, 2.45) is 5.92 Å². The monoisotopic (exact) mass is 227 g/mol. The second-order valence-corrected chi connectivity index (χ2v) is 5.46. The maximum absolute atomic E-state index is 4.33. The van der Waals surface area contributed by atoms with Gasteiger partial charge in [0.05, 0.1) is 0 Å². The molecule has 0 saturated carbocycles. The van der Waals surface area contributed by atoms with Crippen LogP contribution in [0.3, 0.4) is 0 Å². The standard InChI is InChI=1S/C11H21N3S/c1-9(2)5-6-12-7-10-8-13-11(15-10)14(3)4/h8-9,12H,5-7H2,1-4H3. The van der Waals surface area contributed by atoms with Crippen molar-refractivity contribution in [3.63, 3.8) is 0 Å². The number of thiazole rings is 1. The molecule has 1 heterocycles. The highest BCUT2D eigenvalue weighted by Gasteiger charge is 2.02. The fraction of sp³-hybridized carbons (Fsp3) is 0.727. The number of hydrogen-bond acceptors (Lipinski definition) is 4. The summed E-state index contributed by atoms with van der Waals surface area (Å²) in [5.41, 5.74) is 0. The van der Waals surface area contributed by atoms with Crippen molar-refractivity contribution in [3.8, 4) is 0 Å². The highest BCUT2D eigenvalue weighted by molar-refractivity contribution is 7.15. The summed E-state index contributed by atoms with van der Waals surface area (Å²) in [6, 6.07) is 0. The Morgan fingerprint density at radius 1 is 1.47 bits per heavy atom. The molecule has 0 aliphatic heterocycles. The molecular formula is C11H21N3S. The summed E-state index contributed by atoms with van der Waals surface area (Å²) in [6.07, 6.45) is 3.20. The molecule has 0 aliphatic carbocycles. The minimum Gasteiger partial charge on any atom is -0.354 e. The zero-order chi connectivity index (χ0) is 11.3. The van der Waals surface area contributed by atoms with Crippen LogP contribution in [0, 0.1) is 5.92 Å². The van der Waals surface area contributed by atoms with Gasteiger partial charge in [-0.25, -0.2) is 4.98 Å². The highest BCUT2D eigenvalue weighted by Crippen LogP contribution is 2.19. The first-order valence-electron chi connectivity index (χ1n) is 5.42. The van der Waals surface area contributed by atoms with Crippen molar-refractivity contribution < 1.29 is 0 Å². The molecule has 86 valence electrons. The second-order valence-electron chi connectivity index (χ2n) is 4.36. The van der Waals surface area contributed by atoms with Gasteiger partial charge >= 0.3 is 0 Å². The number of hydrogen-bond donors (Lipinski definition) is 1. The van der Waals surface area contributed by atoms with E-state index < -0.39 is 0 Å². The van der Waals surface area contributed by atoms with Gasteiger partial charge in [-0.2, -0.15) is 0 Å². The topological polar surface area (TPSA) is 28.2 Å². The molecule has 0 fully saturated rings. The van der Waals surface area contributed by atoms with Crippen LogP contribution in [0.15, 0.2) is 6.20 Å². The average molecular weight is 227 g/mol. The summed E-state index contributed by atoms with van der Waals surface area (Å²) in [5, 5.41) is 4.52. The largest absolute Gasteiger partial charge is 0.354 e. The molecule has 1 N–H and O–H groups in total. The Morgan fingerprint density at radius 2 is 2.20 bits per heavy atom. The lowest BCUT2D eigenvalue weighted by Gasteiger charge is -2.06.